The summed E-state index contributed by atoms with van der Waals surface area (Å²) in [6.07, 6.45) is 9.99. The van der Waals surface area contributed by atoms with E-state index < -0.39 is 0 Å². The number of hydrogen-bond donors (Lipinski definition) is 0. The Kier molecular flexibility index (Phi) is 8.14. The van der Waals surface area contributed by atoms with Crippen LogP contribution in [0.2, 0.25) is 0 Å². The fourth-order valence-electron chi connectivity index (χ4n) is 0.814. The van der Waals surface area contributed by atoms with Gasteiger partial charge in [-0.3, -0.25) is 0 Å². The van der Waals surface area contributed by atoms with Gasteiger partial charge >= 0.3 is 0 Å². The summed E-state index contributed by atoms with van der Waals surface area (Å²) >= 11 is 0. The van der Waals surface area contributed by atoms with Crippen LogP contribution in [0.5, 0.6) is 0 Å². The van der Waals surface area contributed by atoms with Gasteiger partial charge in [0, 0.05) is 0 Å². The third-order valence-electron chi connectivity index (χ3n) is 1.47. The Morgan fingerprint density at radius 2 is 2.00 bits per heavy atom. The van der Waals surface area contributed by atoms with Crippen molar-refractivity contribution in [1.29, 1.82) is 0 Å². The zero-order valence-electron chi connectivity index (χ0n) is 8.25. The van der Waals surface area contributed by atoms with Crippen molar-refractivity contribution >= 4 is 0 Å². The molecule has 0 fully saturated rings. The molecule has 0 aliphatic rings. The molecular weight excluding hydrogens is 148 g/mol. The lowest BCUT2D eigenvalue weighted by molar-refractivity contribution is 0.102. The van der Waals surface area contributed by atoms with Gasteiger partial charge < -0.3 is 4.74 Å². The average molecular weight is 168 g/mol. The second-order valence-corrected chi connectivity index (χ2v) is 3.07. The maximum absolute atomic E-state index is 5.34. The molecule has 0 saturated heterocycles. The summed E-state index contributed by atoms with van der Waals surface area (Å²) < 4.78 is 5.34. The quantitative estimate of drug-likeness (QED) is 0.418. The van der Waals surface area contributed by atoms with Gasteiger partial charge in [0.15, 0.2) is 0 Å². The minimum absolute atomic E-state index is 0.336. The molecule has 70 valence electrons. The third-order valence-corrected chi connectivity index (χ3v) is 1.47. The summed E-state index contributed by atoms with van der Waals surface area (Å²) in [5.74, 6) is 0. The number of rotatable bonds is 7. The molecule has 0 unspecified atom stereocenters. The predicted octanol–water partition coefficient (Wildman–Crippen LogP) is 3.32. The van der Waals surface area contributed by atoms with Gasteiger partial charge in [-0.05, 0) is 33.1 Å². The standard InChI is InChI=1S/C11H20O/c1-4-5-6-7-8-9-10-12-11(2)3/h4,8-9,11H,1,5-7,10H2,2-3H3. The topological polar surface area (TPSA) is 9.23 Å². The zero-order valence-corrected chi connectivity index (χ0v) is 8.25. The van der Waals surface area contributed by atoms with Crippen LogP contribution in [0.4, 0.5) is 0 Å². The first-order chi connectivity index (χ1) is 5.77. The van der Waals surface area contributed by atoms with Crippen LogP contribution in [0.3, 0.4) is 0 Å². The molecule has 0 N–H and O–H groups in total. The molecule has 0 aliphatic carbocycles. The third kappa shape index (κ3) is 9.44. The number of allylic oxidation sites excluding steroid dienone is 2. The van der Waals surface area contributed by atoms with Gasteiger partial charge in [-0.15, -0.1) is 6.58 Å². The van der Waals surface area contributed by atoms with E-state index in [4.69, 9.17) is 4.74 Å². The highest BCUT2D eigenvalue weighted by Crippen LogP contribution is 1.97. The van der Waals surface area contributed by atoms with E-state index in [-0.39, 0.29) is 0 Å². The van der Waals surface area contributed by atoms with Crippen LogP contribution in [0, 0.1) is 0 Å². The van der Waals surface area contributed by atoms with Crippen LogP contribution in [0.25, 0.3) is 0 Å². The Hall–Kier alpha value is -0.560. The van der Waals surface area contributed by atoms with E-state index >= 15 is 0 Å². The Morgan fingerprint density at radius 3 is 2.58 bits per heavy atom. The van der Waals surface area contributed by atoms with E-state index in [1.807, 2.05) is 19.9 Å². The molecule has 0 radical (unpaired) electrons. The van der Waals surface area contributed by atoms with Crippen molar-refractivity contribution in [1.82, 2.24) is 0 Å². The van der Waals surface area contributed by atoms with Crippen LogP contribution in [-0.4, -0.2) is 12.7 Å². The summed E-state index contributed by atoms with van der Waals surface area (Å²) in [6, 6.07) is 0. The minimum Gasteiger partial charge on any atom is -0.375 e. The van der Waals surface area contributed by atoms with Gasteiger partial charge in [-0.1, -0.05) is 18.2 Å². The molecule has 0 spiro atoms. The van der Waals surface area contributed by atoms with Crippen molar-refractivity contribution in [3.05, 3.63) is 24.8 Å². The second kappa shape index (κ2) is 8.54. The lowest BCUT2D eigenvalue weighted by atomic mass is 10.2. The average Bonchev–Trinajstić information content (AvgIpc) is 2.02. The van der Waals surface area contributed by atoms with E-state index in [1.165, 1.54) is 6.42 Å². The normalized spacial score (nSPS) is 11.2. The molecule has 0 aromatic carbocycles. The highest BCUT2D eigenvalue weighted by atomic mass is 16.5. The largest absolute Gasteiger partial charge is 0.375 e. The second-order valence-electron chi connectivity index (χ2n) is 3.07. The lowest BCUT2D eigenvalue weighted by Crippen LogP contribution is -2.01. The van der Waals surface area contributed by atoms with Crippen LogP contribution in [-0.2, 0) is 4.74 Å². The van der Waals surface area contributed by atoms with E-state index in [0.29, 0.717) is 6.10 Å². The van der Waals surface area contributed by atoms with Crippen molar-refractivity contribution in [2.75, 3.05) is 6.61 Å². The lowest BCUT2D eigenvalue weighted by Gasteiger charge is -2.02. The minimum atomic E-state index is 0.336. The fourth-order valence-corrected chi connectivity index (χ4v) is 0.814. The van der Waals surface area contributed by atoms with Crippen LogP contribution in [0.15, 0.2) is 24.8 Å². The van der Waals surface area contributed by atoms with Gasteiger partial charge in [0.2, 0.25) is 0 Å². The Bertz CT molecular complexity index is 125. The smallest absolute Gasteiger partial charge is 0.0650 e. The monoisotopic (exact) mass is 168 g/mol. The molecule has 1 nitrogen and oxygen atoms in total. The molecule has 0 aromatic rings. The highest BCUT2D eigenvalue weighted by Gasteiger charge is 1.87. The summed E-state index contributed by atoms with van der Waals surface area (Å²) in [6.45, 7) is 8.51. The SMILES string of the molecule is C=CCCCC=CCOC(C)C. The van der Waals surface area contributed by atoms with Crippen molar-refractivity contribution in [3.63, 3.8) is 0 Å². The molecule has 12 heavy (non-hydrogen) atoms. The first kappa shape index (κ1) is 11.4. The van der Waals surface area contributed by atoms with Gasteiger partial charge in [-0.2, -0.15) is 0 Å². The molecule has 0 bridgehead atoms. The summed E-state index contributed by atoms with van der Waals surface area (Å²) in [7, 11) is 0. The molecule has 1 heteroatoms. The van der Waals surface area contributed by atoms with Crippen molar-refractivity contribution in [2.24, 2.45) is 0 Å². The van der Waals surface area contributed by atoms with Crippen molar-refractivity contribution < 1.29 is 4.74 Å². The molecule has 0 aliphatic heterocycles. The molecule has 0 rings (SSSR count). The Labute approximate surface area is 76.1 Å². The Balaban J connectivity index is 3.08. The van der Waals surface area contributed by atoms with Gasteiger partial charge in [0.1, 0.15) is 0 Å². The Morgan fingerprint density at radius 1 is 1.25 bits per heavy atom. The van der Waals surface area contributed by atoms with Crippen LogP contribution in [0.1, 0.15) is 33.1 Å². The molecule has 0 heterocycles. The maximum Gasteiger partial charge on any atom is 0.0650 e. The molecule has 0 aromatic heterocycles. The molecular formula is C11H20O. The van der Waals surface area contributed by atoms with Gasteiger partial charge in [0.25, 0.3) is 0 Å². The summed E-state index contributed by atoms with van der Waals surface area (Å²) in [5, 5.41) is 0. The van der Waals surface area contributed by atoms with Crippen LogP contribution < -0.4 is 0 Å². The predicted molar refractivity (Wildman–Crippen MR) is 54.3 cm³/mol. The van der Waals surface area contributed by atoms with Gasteiger partial charge in [-0.25, -0.2) is 0 Å². The van der Waals surface area contributed by atoms with E-state index in [2.05, 4.69) is 18.7 Å². The zero-order chi connectivity index (χ0) is 9.23. The van der Waals surface area contributed by atoms with Crippen molar-refractivity contribution in [2.45, 2.75) is 39.2 Å². The molecule has 0 amide bonds. The fraction of sp³-hybridized carbons (Fsp3) is 0.636. The number of ether oxygens (including phenoxy) is 1. The van der Waals surface area contributed by atoms with Crippen LogP contribution >= 0.6 is 0 Å². The van der Waals surface area contributed by atoms with Crippen molar-refractivity contribution in [3.8, 4) is 0 Å². The first-order valence-corrected chi connectivity index (χ1v) is 4.65. The van der Waals surface area contributed by atoms with E-state index in [9.17, 15) is 0 Å². The summed E-state index contributed by atoms with van der Waals surface area (Å²) in [5.41, 5.74) is 0. The highest BCUT2D eigenvalue weighted by molar-refractivity contribution is 4.82. The van der Waals surface area contributed by atoms with Gasteiger partial charge in [0.05, 0.1) is 12.7 Å². The maximum atomic E-state index is 5.34. The summed E-state index contributed by atoms with van der Waals surface area (Å²) in [4.78, 5) is 0. The molecule has 0 saturated carbocycles. The number of unbranched alkanes of at least 4 members (excludes halogenated alkanes) is 2. The first-order valence-electron chi connectivity index (χ1n) is 4.65. The number of hydrogen-bond acceptors (Lipinski definition) is 1. The van der Waals surface area contributed by atoms with E-state index in [1.54, 1.807) is 0 Å². The molecule has 0 atom stereocenters. The van der Waals surface area contributed by atoms with E-state index in [0.717, 1.165) is 19.4 Å².